The Morgan fingerprint density at radius 2 is 2.11 bits per heavy atom. The molecule has 96 valence electrons. The first-order valence-electron chi connectivity index (χ1n) is 5.88. The second-order valence-electron chi connectivity index (χ2n) is 4.43. The molecule has 0 spiro atoms. The predicted octanol–water partition coefficient (Wildman–Crippen LogP) is 1.86. The zero-order chi connectivity index (χ0) is 13.0. The summed E-state index contributed by atoms with van der Waals surface area (Å²) in [6.07, 6.45) is 3.32. The molecule has 0 saturated carbocycles. The molecule has 0 amide bonds. The topological polar surface area (TPSA) is 50.9 Å². The fraction of sp³-hybridized carbons (Fsp3) is 0.385. The SMILES string of the molecule is Cn1cc(CC(CO)Cc2ccccc2Cl)nn1. The summed E-state index contributed by atoms with van der Waals surface area (Å²) >= 11 is 6.12. The van der Waals surface area contributed by atoms with Gasteiger partial charge in [-0.3, -0.25) is 4.68 Å². The Labute approximate surface area is 111 Å². The lowest BCUT2D eigenvalue weighted by molar-refractivity contribution is 0.224. The molecule has 1 N–H and O–H groups in total. The van der Waals surface area contributed by atoms with Gasteiger partial charge in [-0.15, -0.1) is 5.10 Å². The maximum Gasteiger partial charge on any atom is 0.0830 e. The zero-order valence-corrected chi connectivity index (χ0v) is 11.0. The van der Waals surface area contributed by atoms with Gasteiger partial charge in [0.25, 0.3) is 0 Å². The van der Waals surface area contributed by atoms with Crippen molar-refractivity contribution >= 4 is 11.6 Å². The summed E-state index contributed by atoms with van der Waals surface area (Å²) in [5.41, 5.74) is 1.95. The molecule has 18 heavy (non-hydrogen) atoms. The summed E-state index contributed by atoms with van der Waals surface area (Å²) in [5, 5.41) is 18.1. The molecular weight excluding hydrogens is 250 g/mol. The maximum atomic E-state index is 9.45. The Morgan fingerprint density at radius 3 is 2.72 bits per heavy atom. The normalized spacial score (nSPS) is 12.6. The lowest BCUT2D eigenvalue weighted by Crippen LogP contribution is -2.13. The van der Waals surface area contributed by atoms with Crippen LogP contribution in [0.1, 0.15) is 11.3 Å². The molecule has 0 saturated heterocycles. The van der Waals surface area contributed by atoms with Gasteiger partial charge in [0.2, 0.25) is 0 Å². The van der Waals surface area contributed by atoms with Crippen LogP contribution in [0.25, 0.3) is 0 Å². The quantitative estimate of drug-likeness (QED) is 0.898. The predicted molar refractivity (Wildman–Crippen MR) is 70.4 cm³/mol. The Morgan fingerprint density at radius 1 is 1.33 bits per heavy atom. The van der Waals surface area contributed by atoms with E-state index in [1.165, 1.54) is 0 Å². The molecule has 0 fully saturated rings. The van der Waals surface area contributed by atoms with Gasteiger partial charge in [-0.05, 0) is 30.4 Å². The van der Waals surface area contributed by atoms with Crippen LogP contribution >= 0.6 is 11.6 Å². The number of aliphatic hydroxyl groups excluding tert-OH is 1. The van der Waals surface area contributed by atoms with Crippen LogP contribution in [0.4, 0.5) is 0 Å². The monoisotopic (exact) mass is 265 g/mol. The van der Waals surface area contributed by atoms with Crippen LogP contribution in [0.3, 0.4) is 0 Å². The summed E-state index contributed by atoms with van der Waals surface area (Å²) in [4.78, 5) is 0. The van der Waals surface area contributed by atoms with Crippen LogP contribution in [-0.4, -0.2) is 26.7 Å². The van der Waals surface area contributed by atoms with Crippen molar-refractivity contribution < 1.29 is 5.11 Å². The fourth-order valence-electron chi connectivity index (χ4n) is 1.96. The second kappa shape index (κ2) is 5.98. The fourth-order valence-corrected chi connectivity index (χ4v) is 2.17. The van der Waals surface area contributed by atoms with Gasteiger partial charge in [-0.2, -0.15) is 0 Å². The summed E-state index contributed by atoms with van der Waals surface area (Å²) in [5.74, 6) is 0.113. The summed E-state index contributed by atoms with van der Waals surface area (Å²) in [6, 6.07) is 7.72. The number of benzene rings is 1. The molecule has 0 radical (unpaired) electrons. The van der Waals surface area contributed by atoms with Crippen molar-refractivity contribution in [2.45, 2.75) is 12.8 Å². The molecule has 5 heteroatoms. The first-order valence-corrected chi connectivity index (χ1v) is 6.26. The minimum Gasteiger partial charge on any atom is -0.396 e. The largest absolute Gasteiger partial charge is 0.396 e. The number of rotatable bonds is 5. The van der Waals surface area contributed by atoms with E-state index < -0.39 is 0 Å². The number of nitrogens with zero attached hydrogens (tertiary/aromatic N) is 3. The molecule has 2 rings (SSSR count). The average molecular weight is 266 g/mol. The highest BCUT2D eigenvalue weighted by Crippen LogP contribution is 2.20. The Kier molecular flexibility index (Phi) is 4.33. The molecule has 0 aliphatic carbocycles. The van der Waals surface area contributed by atoms with Gasteiger partial charge in [0.1, 0.15) is 0 Å². The molecule has 1 atom stereocenters. The van der Waals surface area contributed by atoms with Crippen LogP contribution in [0.2, 0.25) is 5.02 Å². The van der Waals surface area contributed by atoms with Gasteiger partial charge in [-0.1, -0.05) is 35.0 Å². The molecule has 2 aromatic rings. The minimum absolute atomic E-state index is 0.113. The molecular formula is C13H16ClN3O. The van der Waals surface area contributed by atoms with Gasteiger partial charge in [0.05, 0.1) is 5.69 Å². The van der Waals surface area contributed by atoms with Crippen LogP contribution < -0.4 is 0 Å². The van der Waals surface area contributed by atoms with Crippen LogP contribution in [0, 0.1) is 5.92 Å². The van der Waals surface area contributed by atoms with E-state index in [0.29, 0.717) is 6.42 Å². The minimum atomic E-state index is 0.113. The Balaban J connectivity index is 2.04. The average Bonchev–Trinajstić information content (AvgIpc) is 2.76. The van der Waals surface area contributed by atoms with E-state index in [2.05, 4.69) is 10.3 Å². The third-order valence-corrected chi connectivity index (χ3v) is 3.24. The third kappa shape index (κ3) is 3.31. The van der Waals surface area contributed by atoms with E-state index in [0.717, 1.165) is 22.7 Å². The van der Waals surface area contributed by atoms with E-state index in [1.54, 1.807) is 4.68 Å². The molecule has 1 heterocycles. The number of halogens is 1. The lowest BCUT2D eigenvalue weighted by atomic mass is 9.96. The number of aromatic nitrogens is 3. The van der Waals surface area contributed by atoms with Crippen molar-refractivity contribution in [3.05, 3.63) is 46.7 Å². The van der Waals surface area contributed by atoms with Crippen LogP contribution in [0.5, 0.6) is 0 Å². The van der Waals surface area contributed by atoms with Gasteiger partial charge in [0, 0.05) is 24.9 Å². The van der Waals surface area contributed by atoms with E-state index in [4.69, 9.17) is 11.6 Å². The molecule has 1 aromatic heterocycles. The van der Waals surface area contributed by atoms with Crippen molar-refractivity contribution in [1.29, 1.82) is 0 Å². The lowest BCUT2D eigenvalue weighted by Gasteiger charge is -2.13. The van der Waals surface area contributed by atoms with Gasteiger partial charge in [0.15, 0.2) is 0 Å². The molecule has 1 aromatic carbocycles. The molecule has 1 unspecified atom stereocenters. The first-order chi connectivity index (χ1) is 8.69. The molecule has 0 aliphatic rings. The van der Waals surface area contributed by atoms with Gasteiger partial charge < -0.3 is 5.11 Å². The zero-order valence-electron chi connectivity index (χ0n) is 10.3. The van der Waals surface area contributed by atoms with Gasteiger partial charge >= 0.3 is 0 Å². The van der Waals surface area contributed by atoms with Crippen LogP contribution in [0.15, 0.2) is 30.5 Å². The maximum absolute atomic E-state index is 9.45. The Bertz CT molecular complexity index is 512. The molecule has 4 nitrogen and oxygen atoms in total. The van der Waals surface area contributed by atoms with E-state index in [9.17, 15) is 5.11 Å². The molecule has 0 aliphatic heterocycles. The number of hydrogen-bond donors (Lipinski definition) is 1. The number of aryl methyl sites for hydroxylation is 1. The highest BCUT2D eigenvalue weighted by Gasteiger charge is 2.13. The Hall–Kier alpha value is -1.39. The van der Waals surface area contributed by atoms with Gasteiger partial charge in [-0.25, -0.2) is 0 Å². The summed E-state index contributed by atoms with van der Waals surface area (Å²) in [6.45, 7) is 0.113. The highest BCUT2D eigenvalue weighted by molar-refractivity contribution is 6.31. The van der Waals surface area contributed by atoms with E-state index in [-0.39, 0.29) is 12.5 Å². The molecule has 0 bridgehead atoms. The van der Waals surface area contributed by atoms with Crippen molar-refractivity contribution in [3.8, 4) is 0 Å². The number of aliphatic hydroxyl groups is 1. The summed E-state index contributed by atoms with van der Waals surface area (Å²) < 4.78 is 1.67. The van der Waals surface area contributed by atoms with Crippen molar-refractivity contribution in [2.75, 3.05) is 6.61 Å². The summed E-state index contributed by atoms with van der Waals surface area (Å²) in [7, 11) is 1.83. The third-order valence-electron chi connectivity index (χ3n) is 2.87. The van der Waals surface area contributed by atoms with E-state index in [1.807, 2.05) is 37.5 Å². The van der Waals surface area contributed by atoms with Crippen molar-refractivity contribution in [1.82, 2.24) is 15.0 Å². The van der Waals surface area contributed by atoms with Crippen LogP contribution in [-0.2, 0) is 19.9 Å². The van der Waals surface area contributed by atoms with E-state index >= 15 is 0 Å². The van der Waals surface area contributed by atoms with Crippen molar-refractivity contribution in [2.24, 2.45) is 13.0 Å². The smallest absolute Gasteiger partial charge is 0.0830 e. The second-order valence-corrected chi connectivity index (χ2v) is 4.84. The first kappa shape index (κ1) is 13.1. The standard InChI is InChI=1S/C13H16ClN3O/c1-17-8-12(15-16-17)7-10(9-18)6-11-4-2-3-5-13(11)14/h2-5,8,10,18H,6-7,9H2,1H3. The van der Waals surface area contributed by atoms with Crippen molar-refractivity contribution in [3.63, 3.8) is 0 Å². The number of hydrogen-bond acceptors (Lipinski definition) is 3. The highest BCUT2D eigenvalue weighted by atomic mass is 35.5.